The molecule has 1 aromatic rings. The lowest BCUT2D eigenvalue weighted by Crippen LogP contribution is -2.29. The van der Waals surface area contributed by atoms with E-state index in [4.69, 9.17) is 4.74 Å². The second-order valence-electron chi connectivity index (χ2n) is 9.79. The number of unbranched alkanes of at least 4 members (excludes halogenated alkanes) is 4. The molecule has 0 bridgehead atoms. The summed E-state index contributed by atoms with van der Waals surface area (Å²) in [5.74, 6) is -4.23. The van der Waals surface area contributed by atoms with Crippen LogP contribution < -0.4 is 0 Å². The van der Waals surface area contributed by atoms with E-state index < -0.39 is 11.7 Å². The Bertz CT molecular complexity index is 778. The highest BCUT2D eigenvalue weighted by molar-refractivity contribution is 5.86. The van der Waals surface area contributed by atoms with Crippen LogP contribution in [-0.4, -0.2) is 23.5 Å². The molecular weight excluding hydrogens is 438 g/mol. The van der Waals surface area contributed by atoms with Gasteiger partial charge in [0.2, 0.25) is 5.78 Å². The molecule has 0 N–H and O–H groups in total. The maximum Gasteiger partial charge on any atom is 0.306 e. The molecule has 190 valence electrons. The van der Waals surface area contributed by atoms with Gasteiger partial charge in [0.25, 0.3) is 0 Å². The highest BCUT2D eigenvalue weighted by atomic mass is 19.3. The van der Waals surface area contributed by atoms with E-state index in [1.54, 1.807) is 0 Å². The number of ketones is 2. The fraction of sp³-hybridized carbons (Fsp3) is 0.679. The predicted molar refractivity (Wildman–Crippen MR) is 128 cm³/mol. The van der Waals surface area contributed by atoms with Gasteiger partial charge in [0.05, 0.1) is 0 Å². The zero-order valence-electron chi connectivity index (χ0n) is 20.7. The number of esters is 1. The zero-order chi connectivity index (χ0) is 25.0. The number of benzene rings is 1. The van der Waals surface area contributed by atoms with Crippen molar-refractivity contribution < 1.29 is 27.9 Å². The molecule has 1 aliphatic carbocycles. The summed E-state index contributed by atoms with van der Waals surface area (Å²) < 4.78 is 33.3. The Morgan fingerprint density at radius 2 is 1.71 bits per heavy atom. The summed E-state index contributed by atoms with van der Waals surface area (Å²) in [5, 5.41) is 0. The molecule has 0 radical (unpaired) electrons. The summed E-state index contributed by atoms with van der Waals surface area (Å²) in [6, 6.07) is 9.56. The van der Waals surface area contributed by atoms with Crippen molar-refractivity contribution in [2.24, 2.45) is 17.8 Å². The Kier molecular flexibility index (Phi) is 11.9. The molecule has 0 spiro atoms. The van der Waals surface area contributed by atoms with Crippen LogP contribution in [0.1, 0.15) is 96.5 Å². The first-order valence-corrected chi connectivity index (χ1v) is 12.9. The van der Waals surface area contributed by atoms with Gasteiger partial charge in [0, 0.05) is 31.6 Å². The zero-order valence-corrected chi connectivity index (χ0v) is 20.7. The first-order chi connectivity index (χ1) is 16.2. The Morgan fingerprint density at radius 3 is 2.41 bits per heavy atom. The Morgan fingerprint density at radius 1 is 1.00 bits per heavy atom. The lowest BCUT2D eigenvalue weighted by atomic mass is 9.82. The highest BCUT2D eigenvalue weighted by Gasteiger charge is 2.42. The van der Waals surface area contributed by atoms with Gasteiger partial charge in [-0.05, 0) is 43.1 Å². The summed E-state index contributed by atoms with van der Waals surface area (Å²) in [6.45, 7) is 4.11. The van der Waals surface area contributed by atoms with E-state index in [1.165, 1.54) is 0 Å². The molecule has 3 atom stereocenters. The number of alkyl halides is 2. The minimum Gasteiger partial charge on any atom is -0.461 e. The van der Waals surface area contributed by atoms with E-state index in [1.807, 2.05) is 44.2 Å². The number of carbonyl (C=O) groups is 3. The maximum absolute atomic E-state index is 14.0. The van der Waals surface area contributed by atoms with Gasteiger partial charge in [-0.3, -0.25) is 14.4 Å². The molecule has 0 aromatic heterocycles. The lowest BCUT2D eigenvalue weighted by Gasteiger charge is -2.23. The van der Waals surface area contributed by atoms with Crippen molar-refractivity contribution >= 4 is 17.5 Å². The Labute approximate surface area is 202 Å². The maximum atomic E-state index is 14.0. The van der Waals surface area contributed by atoms with Crippen LogP contribution in [-0.2, 0) is 25.7 Å². The molecular formula is C28H40F2O4. The molecule has 1 aromatic carbocycles. The lowest BCUT2D eigenvalue weighted by molar-refractivity contribution is -0.145. The smallest absolute Gasteiger partial charge is 0.306 e. The van der Waals surface area contributed by atoms with Crippen molar-refractivity contribution in [1.82, 2.24) is 0 Å². The Balaban J connectivity index is 1.65. The molecule has 6 heteroatoms. The fourth-order valence-corrected chi connectivity index (χ4v) is 4.93. The Hall–Kier alpha value is -2.11. The average molecular weight is 479 g/mol. The van der Waals surface area contributed by atoms with Crippen molar-refractivity contribution in [3.63, 3.8) is 0 Å². The third-order valence-electron chi connectivity index (χ3n) is 7.03. The molecule has 1 aliphatic rings. The number of carbonyl (C=O) groups excluding carboxylic acids is 3. The summed E-state index contributed by atoms with van der Waals surface area (Å²) in [6.07, 6.45) is 5.77. The summed E-state index contributed by atoms with van der Waals surface area (Å²) in [7, 11) is 0. The molecule has 2 rings (SSSR count). The third-order valence-corrected chi connectivity index (χ3v) is 7.03. The normalized spacial score (nSPS) is 20.5. The highest BCUT2D eigenvalue weighted by Crippen LogP contribution is 2.41. The largest absolute Gasteiger partial charge is 0.461 e. The SMILES string of the molecule is CCCCC(F)(F)C(=O)CC[C@H]1[C@H](C)CC(=O)[C@@H]1CCCCCCC(=O)OCc1ccccc1. The fourth-order valence-electron chi connectivity index (χ4n) is 4.93. The number of rotatable bonds is 16. The van der Waals surface area contributed by atoms with Gasteiger partial charge in [-0.25, -0.2) is 0 Å². The molecule has 1 fully saturated rings. The molecule has 0 unspecified atom stereocenters. The third kappa shape index (κ3) is 9.27. The van der Waals surface area contributed by atoms with Crippen molar-refractivity contribution in [2.75, 3.05) is 0 Å². The molecule has 1 saturated carbocycles. The van der Waals surface area contributed by atoms with Crippen LogP contribution in [0, 0.1) is 17.8 Å². The number of hydrogen-bond donors (Lipinski definition) is 0. The molecule has 0 aliphatic heterocycles. The summed E-state index contributed by atoms with van der Waals surface area (Å²) in [5.41, 5.74) is 0.965. The van der Waals surface area contributed by atoms with Crippen LogP contribution in [0.15, 0.2) is 30.3 Å². The van der Waals surface area contributed by atoms with E-state index in [9.17, 15) is 23.2 Å². The monoisotopic (exact) mass is 478 g/mol. The van der Waals surface area contributed by atoms with E-state index in [0.717, 1.165) is 37.7 Å². The molecule has 0 heterocycles. The predicted octanol–water partition coefficient (Wildman–Crippen LogP) is 7.09. The number of hydrogen-bond acceptors (Lipinski definition) is 4. The van der Waals surface area contributed by atoms with E-state index in [0.29, 0.717) is 32.1 Å². The first-order valence-electron chi connectivity index (χ1n) is 12.9. The van der Waals surface area contributed by atoms with Gasteiger partial charge >= 0.3 is 11.9 Å². The standard InChI is InChI=1S/C28H40F2O4/c1-3-4-18-28(29,30)26(32)17-16-23-21(2)19-25(31)24(23)14-10-5-6-11-15-27(33)34-20-22-12-8-7-9-13-22/h7-9,12-13,21,23-24H,3-6,10-11,14-20H2,1-2H3/t21-,23+,24-/m1/s1. The van der Waals surface area contributed by atoms with Gasteiger partial charge in [0.15, 0.2) is 0 Å². The van der Waals surface area contributed by atoms with Crippen LogP contribution in [0.2, 0.25) is 0 Å². The van der Waals surface area contributed by atoms with Crippen LogP contribution in [0.5, 0.6) is 0 Å². The van der Waals surface area contributed by atoms with Gasteiger partial charge in [-0.1, -0.05) is 69.9 Å². The second kappa shape index (κ2) is 14.3. The van der Waals surface area contributed by atoms with Crippen LogP contribution >= 0.6 is 0 Å². The number of halogens is 2. The van der Waals surface area contributed by atoms with E-state index in [2.05, 4.69) is 0 Å². The van der Waals surface area contributed by atoms with Crippen LogP contribution in [0.4, 0.5) is 8.78 Å². The van der Waals surface area contributed by atoms with Crippen molar-refractivity contribution in [3.05, 3.63) is 35.9 Å². The molecule has 34 heavy (non-hydrogen) atoms. The molecule has 0 saturated heterocycles. The van der Waals surface area contributed by atoms with Gasteiger partial charge in [-0.2, -0.15) is 8.78 Å². The minimum absolute atomic E-state index is 0.00592. The van der Waals surface area contributed by atoms with E-state index in [-0.39, 0.29) is 49.0 Å². The van der Waals surface area contributed by atoms with Crippen molar-refractivity contribution in [3.8, 4) is 0 Å². The quantitative estimate of drug-likeness (QED) is 0.188. The summed E-state index contributed by atoms with van der Waals surface area (Å²) >= 11 is 0. The molecule has 0 amide bonds. The first kappa shape index (κ1) is 28.1. The van der Waals surface area contributed by atoms with Crippen LogP contribution in [0.25, 0.3) is 0 Å². The average Bonchev–Trinajstić information content (AvgIpc) is 3.09. The summed E-state index contributed by atoms with van der Waals surface area (Å²) in [4.78, 5) is 36.4. The number of ether oxygens (including phenoxy) is 1. The van der Waals surface area contributed by atoms with Crippen molar-refractivity contribution in [1.29, 1.82) is 0 Å². The van der Waals surface area contributed by atoms with Crippen LogP contribution in [0.3, 0.4) is 0 Å². The van der Waals surface area contributed by atoms with Gasteiger partial charge in [-0.15, -0.1) is 0 Å². The van der Waals surface area contributed by atoms with Gasteiger partial charge in [0.1, 0.15) is 12.4 Å². The topological polar surface area (TPSA) is 60.4 Å². The number of Topliss-reactive ketones (excluding diaryl/α,β-unsaturated/α-hetero) is 2. The van der Waals surface area contributed by atoms with Gasteiger partial charge < -0.3 is 4.74 Å². The molecule has 4 nitrogen and oxygen atoms in total. The second-order valence-corrected chi connectivity index (χ2v) is 9.79. The van der Waals surface area contributed by atoms with E-state index >= 15 is 0 Å². The minimum atomic E-state index is -3.25. The van der Waals surface area contributed by atoms with Crippen molar-refractivity contribution in [2.45, 2.75) is 103 Å².